The number of rotatable bonds is 5. The van der Waals surface area contributed by atoms with Crippen molar-refractivity contribution in [3.05, 3.63) is 53.7 Å². The smallest absolute Gasteiger partial charge is 0.272 e. The fourth-order valence-electron chi connectivity index (χ4n) is 1.85. The van der Waals surface area contributed by atoms with Crippen LogP contribution in [0.4, 0.5) is 5.82 Å². The Hall–Kier alpha value is -2.47. The molecular weight excluding hydrogens is 254 g/mol. The van der Waals surface area contributed by atoms with Crippen molar-refractivity contribution in [1.29, 1.82) is 0 Å². The monoisotopic (exact) mass is 271 g/mol. The summed E-state index contributed by atoms with van der Waals surface area (Å²) >= 11 is 0. The van der Waals surface area contributed by atoms with E-state index in [0.717, 1.165) is 6.42 Å². The van der Waals surface area contributed by atoms with Gasteiger partial charge in [0.2, 0.25) is 0 Å². The number of nitrogens with one attached hydrogen (secondary N) is 2. The molecule has 0 bridgehead atoms. The van der Waals surface area contributed by atoms with Crippen LogP contribution in [0.1, 0.15) is 23.0 Å². The Balaban J connectivity index is 1.93. The Kier molecular flexibility index (Phi) is 4.62. The lowest BCUT2D eigenvalue weighted by molar-refractivity contribution is 0.0934. The molecule has 1 atom stereocenters. The van der Waals surface area contributed by atoms with Gasteiger partial charge in [0.1, 0.15) is 0 Å². The molecule has 104 valence electrons. The number of hydrazine groups is 1. The van der Waals surface area contributed by atoms with E-state index in [0.29, 0.717) is 5.82 Å². The van der Waals surface area contributed by atoms with Crippen LogP contribution in [-0.2, 0) is 6.42 Å². The Morgan fingerprint density at radius 1 is 1.20 bits per heavy atom. The zero-order valence-corrected chi connectivity index (χ0v) is 11.2. The van der Waals surface area contributed by atoms with Gasteiger partial charge in [-0.1, -0.05) is 30.3 Å². The van der Waals surface area contributed by atoms with Gasteiger partial charge >= 0.3 is 0 Å². The third-order valence-corrected chi connectivity index (χ3v) is 2.81. The predicted molar refractivity (Wildman–Crippen MR) is 76.9 cm³/mol. The molecule has 0 saturated heterocycles. The van der Waals surface area contributed by atoms with Crippen LogP contribution in [0.5, 0.6) is 0 Å². The van der Waals surface area contributed by atoms with E-state index in [1.54, 1.807) is 12.1 Å². The molecule has 1 unspecified atom stereocenters. The molecule has 0 aliphatic heterocycles. The van der Waals surface area contributed by atoms with E-state index in [9.17, 15) is 4.79 Å². The Morgan fingerprint density at radius 3 is 2.55 bits per heavy atom. The van der Waals surface area contributed by atoms with Gasteiger partial charge in [-0.15, -0.1) is 10.2 Å². The Labute approximate surface area is 117 Å². The molecule has 1 heterocycles. The van der Waals surface area contributed by atoms with Gasteiger partial charge in [-0.2, -0.15) is 0 Å². The third-order valence-electron chi connectivity index (χ3n) is 2.81. The summed E-state index contributed by atoms with van der Waals surface area (Å²) in [5.41, 5.74) is 3.80. The topological polar surface area (TPSA) is 92.9 Å². The quantitative estimate of drug-likeness (QED) is 0.560. The maximum Gasteiger partial charge on any atom is 0.272 e. The Morgan fingerprint density at radius 2 is 1.95 bits per heavy atom. The van der Waals surface area contributed by atoms with E-state index >= 15 is 0 Å². The number of nitrogens with two attached hydrogens (primary N) is 1. The molecule has 2 aromatic rings. The first kappa shape index (κ1) is 14.0. The molecule has 4 N–H and O–H groups in total. The first-order chi connectivity index (χ1) is 9.69. The van der Waals surface area contributed by atoms with Crippen molar-refractivity contribution in [2.75, 3.05) is 5.43 Å². The number of hydrogen-bond acceptors (Lipinski definition) is 5. The molecule has 0 radical (unpaired) electrons. The summed E-state index contributed by atoms with van der Waals surface area (Å²) in [5, 5.41) is 10.5. The molecule has 1 aromatic heterocycles. The number of benzene rings is 1. The van der Waals surface area contributed by atoms with Gasteiger partial charge in [-0.25, -0.2) is 5.84 Å². The van der Waals surface area contributed by atoms with Crippen LogP contribution in [0.25, 0.3) is 0 Å². The Bertz CT molecular complexity index is 556. The van der Waals surface area contributed by atoms with Gasteiger partial charge in [0.15, 0.2) is 11.5 Å². The molecule has 20 heavy (non-hydrogen) atoms. The van der Waals surface area contributed by atoms with E-state index < -0.39 is 0 Å². The van der Waals surface area contributed by atoms with E-state index in [2.05, 4.69) is 20.9 Å². The van der Waals surface area contributed by atoms with Gasteiger partial charge in [0.25, 0.3) is 5.91 Å². The number of carbonyl (C=O) groups excluding carboxylic acids is 1. The van der Waals surface area contributed by atoms with Crippen molar-refractivity contribution in [2.24, 2.45) is 5.84 Å². The molecule has 1 aromatic carbocycles. The molecule has 6 nitrogen and oxygen atoms in total. The van der Waals surface area contributed by atoms with Gasteiger partial charge in [-0.05, 0) is 31.0 Å². The highest BCUT2D eigenvalue weighted by Crippen LogP contribution is 2.04. The van der Waals surface area contributed by atoms with Crippen molar-refractivity contribution < 1.29 is 4.79 Å². The minimum absolute atomic E-state index is 0.0130. The lowest BCUT2D eigenvalue weighted by Crippen LogP contribution is -2.34. The highest BCUT2D eigenvalue weighted by atomic mass is 16.2. The normalized spacial score (nSPS) is 11.7. The molecular formula is C14H17N5O. The van der Waals surface area contributed by atoms with Crippen molar-refractivity contribution in [3.8, 4) is 0 Å². The lowest BCUT2D eigenvalue weighted by atomic mass is 10.1. The molecule has 0 aliphatic rings. The first-order valence-electron chi connectivity index (χ1n) is 6.34. The van der Waals surface area contributed by atoms with E-state index in [-0.39, 0.29) is 17.6 Å². The zero-order chi connectivity index (χ0) is 14.4. The molecule has 0 aliphatic carbocycles. The highest BCUT2D eigenvalue weighted by Gasteiger charge is 2.12. The maximum absolute atomic E-state index is 12.0. The van der Waals surface area contributed by atoms with E-state index in [4.69, 9.17) is 5.84 Å². The van der Waals surface area contributed by atoms with E-state index in [1.807, 2.05) is 37.3 Å². The number of nitrogens with zero attached hydrogens (tertiary/aromatic N) is 2. The SMILES string of the molecule is CC(Cc1ccccc1)NC(=O)c1ccc(NN)nn1. The maximum atomic E-state index is 12.0. The van der Waals surface area contributed by atoms with Crippen molar-refractivity contribution in [3.63, 3.8) is 0 Å². The second kappa shape index (κ2) is 6.63. The molecule has 0 spiro atoms. The third kappa shape index (κ3) is 3.76. The summed E-state index contributed by atoms with van der Waals surface area (Å²) < 4.78 is 0. The average molecular weight is 271 g/mol. The number of nitrogen functional groups attached to an aromatic ring is 1. The van der Waals surface area contributed by atoms with Crippen molar-refractivity contribution in [1.82, 2.24) is 15.5 Å². The van der Waals surface area contributed by atoms with E-state index in [1.165, 1.54) is 5.56 Å². The van der Waals surface area contributed by atoms with Crippen LogP contribution in [0.2, 0.25) is 0 Å². The fourth-order valence-corrected chi connectivity index (χ4v) is 1.85. The predicted octanol–water partition coefficient (Wildman–Crippen LogP) is 1.12. The lowest BCUT2D eigenvalue weighted by Gasteiger charge is -2.13. The van der Waals surface area contributed by atoms with Crippen LogP contribution in [0.3, 0.4) is 0 Å². The van der Waals surface area contributed by atoms with Crippen molar-refractivity contribution >= 4 is 11.7 Å². The minimum Gasteiger partial charge on any atom is -0.348 e. The average Bonchev–Trinajstić information content (AvgIpc) is 2.48. The van der Waals surface area contributed by atoms with Crippen LogP contribution >= 0.6 is 0 Å². The van der Waals surface area contributed by atoms with Crippen LogP contribution in [0, 0.1) is 0 Å². The molecule has 1 amide bonds. The van der Waals surface area contributed by atoms with Gasteiger partial charge in [0.05, 0.1) is 0 Å². The summed E-state index contributed by atoms with van der Waals surface area (Å²) in [6.45, 7) is 1.95. The van der Waals surface area contributed by atoms with Crippen LogP contribution in [-0.4, -0.2) is 22.1 Å². The number of amides is 1. The first-order valence-corrected chi connectivity index (χ1v) is 6.34. The number of anilines is 1. The summed E-state index contributed by atoms with van der Waals surface area (Å²) in [6.07, 6.45) is 0.766. The summed E-state index contributed by atoms with van der Waals surface area (Å²) in [5.74, 6) is 5.36. The number of aromatic nitrogens is 2. The largest absolute Gasteiger partial charge is 0.348 e. The summed E-state index contributed by atoms with van der Waals surface area (Å²) in [4.78, 5) is 12.0. The molecule has 0 fully saturated rings. The minimum atomic E-state index is -0.246. The standard InChI is InChI=1S/C14H17N5O/c1-10(9-11-5-3-2-4-6-11)16-14(20)12-7-8-13(17-15)19-18-12/h2-8,10H,9,15H2,1H3,(H,16,20)(H,17,19). The second-order valence-electron chi connectivity index (χ2n) is 4.51. The van der Waals surface area contributed by atoms with Gasteiger partial charge in [-0.3, -0.25) is 4.79 Å². The second-order valence-corrected chi connectivity index (χ2v) is 4.51. The zero-order valence-electron chi connectivity index (χ0n) is 11.2. The fraction of sp³-hybridized carbons (Fsp3) is 0.214. The molecule has 6 heteroatoms. The molecule has 2 rings (SSSR count). The summed E-state index contributed by atoms with van der Waals surface area (Å²) in [7, 11) is 0. The summed E-state index contributed by atoms with van der Waals surface area (Å²) in [6, 6.07) is 13.2. The number of carbonyl (C=O) groups is 1. The van der Waals surface area contributed by atoms with Gasteiger partial charge in [0, 0.05) is 6.04 Å². The van der Waals surface area contributed by atoms with Crippen molar-refractivity contribution in [2.45, 2.75) is 19.4 Å². The molecule has 0 saturated carbocycles. The van der Waals surface area contributed by atoms with Crippen LogP contribution < -0.4 is 16.6 Å². The van der Waals surface area contributed by atoms with Gasteiger partial charge < -0.3 is 10.7 Å². The highest BCUT2D eigenvalue weighted by molar-refractivity contribution is 5.92. The number of hydrogen-bond donors (Lipinski definition) is 3. The van der Waals surface area contributed by atoms with Crippen LogP contribution in [0.15, 0.2) is 42.5 Å².